The van der Waals surface area contributed by atoms with E-state index in [0.29, 0.717) is 18.9 Å². The van der Waals surface area contributed by atoms with E-state index in [4.69, 9.17) is 4.74 Å². The van der Waals surface area contributed by atoms with Gasteiger partial charge in [0.15, 0.2) is 0 Å². The fourth-order valence-corrected chi connectivity index (χ4v) is 3.34. The molecule has 0 aliphatic heterocycles. The molecular weight excluding hydrogens is 313 g/mol. The third-order valence-electron chi connectivity index (χ3n) is 3.07. The van der Waals surface area contributed by atoms with Gasteiger partial charge >= 0.3 is 12.1 Å². The lowest BCUT2D eigenvalue weighted by Gasteiger charge is -2.17. The van der Waals surface area contributed by atoms with Crippen molar-refractivity contribution in [3.05, 3.63) is 0 Å². The van der Waals surface area contributed by atoms with Crippen LogP contribution in [0.2, 0.25) is 0 Å². The Morgan fingerprint density at radius 2 is 1.77 bits per heavy atom. The van der Waals surface area contributed by atoms with E-state index in [1.807, 2.05) is 6.92 Å². The van der Waals surface area contributed by atoms with E-state index in [9.17, 15) is 18.0 Å². The van der Waals surface area contributed by atoms with Gasteiger partial charge in [-0.25, -0.2) is 0 Å². The topological polar surface area (TPSA) is 26.3 Å². The van der Waals surface area contributed by atoms with E-state index in [0.717, 1.165) is 31.4 Å². The van der Waals surface area contributed by atoms with Crippen molar-refractivity contribution in [3.8, 4) is 0 Å². The molecule has 6 heteroatoms. The molecule has 0 spiro atoms. The summed E-state index contributed by atoms with van der Waals surface area (Å²) >= 11 is 1.58. The lowest BCUT2D eigenvalue weighted by atomic mass is 10.1. The number of alkyl halides is 3. The highest BCUT2D eigenvalue weighted by molar-refractivity contribution is 8.00. The monoisotopic (exact) mass is 342 g/mol. The minimum atomic E-state index is -4.04. The molecule has 1 unspecified atom stereocenters. The summed E-state index contributed by atoms with van der Waals surface area (Å²) in [6.45, 7) is 6.54. The summed E-state index contributed by atoms with van der Waals surface area (Å²) in [5, 5.41) is -0.151. The van der Waals surface area contributed by atoms with E-state index < -0.39 is 12.6 Å². The van der Waals surface area contributed by atoms with E-state index in [1.165, 1.54) is 0 Å². The van der Waals surface area contributed by atoms with Crippen LogP contribution in [0, 0.1) is 5.92 Å². The van der Waals surface area contributed by atoms with Crippen LogP contribution in [0.15, 0.2) is 0 Å². The number of carbonyl (C=O) groups is 1. The maximum Gasteiger partial charge on any atom is 0.389 e. The van der Waals surface area contributed by atoms with Gasteiger partial charge in [-0.1, -0.05) is 33.6 Å². The van der Waals surface area contributed by atoms with E-state index >= 15 is 0 Å². The molecule has 0 bridgehead atoms. The van der Waals surface area contributed by atoms with Gasteiger partial charge in [-0.05, 0) is 37.4 Å². The molecule has 0 aliphatic carbocycles. The van der Waals surface area contributed by atoms with Crippen molar-refractivity contribution in [1.82, 2.24) is 0 Å². The van der Waals surface area contributed by atoms with Gasteiger partial charge in [0.2, 0.25) is 0 Å². The highest BCUT2D eigenvalue weighted by Gasteiger charge is 2.25. The molecule has 0 radical (unpaired) electrons. The average Bonchev–Trinajstić information content (AvgIpc) is 2.40. The van der Waals surface area contributed by atoms with Gasteiger partial charge in [0, 0.05) is 6.42 Å². The fourth-order valence-electron chi connectivity index (χ4n) is 1.96. The molecule has 0 aliphatic rings. The van der Waals surface area contributed by atoms with E-state index in [-0.39, 0.29) is 17.6 Å². The van der Waals surface area contributed by atoms with Crippen molar-refractivity contribution in [2.24, 2.45) is 5.92 Å². The maximum atomic E-state index is 12.0. The van der Waals surface area contributed by atoms with Crippen LogP contribution in [0.5, 0.6) is 0 Å². The molecule has 0 saturated carbocycles. The van der Waals surface area contributed by atoms with Crippen LogP contribution in [0.1, 0.15) is 65.7 Å². The second-order valence-electron chi connectivity index (χ2n) is 5.94. The van der Waals surface area contributed by atoms with Crippen LogP contribution >= 0.6 is 11.8 Å². The molecule has 22 heavy (non-hydrogen) atoms. The zero-order valence-electron chi connectivity index (χ0n) is 13.9. The molecule has 0 saturated heterocycles. The van der Waals surface area contributed by atoms with Crippen LogP contribution in [0.3, 0.4) is 0 Å². The van der Waals surface area contributed by atoms with Crippen molar-refractivity contribution >= 4 is 17.7 Å². The van der Waals surface area contributed by atoms with E-state index in [1.54, 1.807) is 11.8 Å². The van der Waals surface area contributed by atoms with Crippen molar-refractivity contribution in [1.29, 1.82) is 0 Å². The molecule has 1 atom stereocenters. The molecule has 0 amide bonds. The van der Waals surface area contributed by atoms with Crippen molar-refractivity contribution < 1.29 is 22.7 Å². The van der Waals surface area contributed by atoms with Gasteiger partial charge in [0.25, 0.3) is 0 Å². The summed E-state index contributed by atoms with van der Waals surface area (Å²) in [5.41, 5.74) is 0. The molecule has 2 nitrogen and oxygen atoms in total. The highest BCUT2D eigenvalue weighted by Crippen LogP contribution is 2.25. The Bertz CT molecular complexity index is 294. The number of rotatable bonds is 12. The summed E-state index contributed by atoms with van der Waals surface area (Å²) in [4.78, 5) is 11.9. The number of thioether (sulfide) groups is 1. The summed E-state index contributed by atoms with van der Waals surface area (Å²) in [6.07, 6.45) is -0.734. The standard InChI is InChI=1S/C16H29F3O2S/c1-4-10-21-15(20)14(12-13(2)3)22-11-8-6-5-7-9-16(17,18)19/h13-14H,4-12H2,1-3H3. The zero-order valence-corrected chi connectivity index (χ0v) is 14.7. The molecular formula is C16H29F3O2S. The number of esters is 1. The Hall–Kier alpha value is -0.390. The first-order valence-corrected chi connectivity index (χ1v) is 9.16. The first kappa shape index (κ1) is 21.6. The molecule has 132 valence electrons. The molecule has 0 aromatic rings. The lowest BCUT2D eigenvalue weighted by molar-refractivity contribution is -0.143. The second kappa shape index (κ2) is 12.1. The fraction of sp³-hybridized carbons (Fsp3) is 0.938. The zero-order chi connectivity index (χ0) is 17.0. The Kier molecular flexibility index (Phi) is 11.9. The van der Waals surface area contributed by atoms with Gasteiger partial charge in [0.05, 0.1) is 6.61 Å². The molecule has 0 heterocycles. The van der Waals surface area contributed by atoms with Crippen LogP contribution in [0.4, 0.5) is 13.2 Å². The van der Waals surface area contributed by atoms with Gasteiger partial charge < -0.3 is 4.74 Å². The predicted molar refractivity (Wildman–Crippen MR) is 86.1 cm³/mol. The SMILES string of the molecule is CCCOC(=O)C(CC(C)C)SCCCCCCC(F)(F)F. The molecule has 0 fully saturated rings. The summed E-state index contributed by atoms with van der Waals surface area (Å²) in [7, 11) is 0. The molecule has 0 rings (SSSR count). The summed E-state index contributed by atoms with van der Waals surface area (Å²) < 4.78 is 41.2. The number of carbonyl (C=O) groups excluding carboxylic acids is 1. The van der Waals surface area contributed by atoms with Gasteiger partial charge in [0.1, 0.15) is 5.25 Å². The Balaban J connectivity index is 3.86. The smallest absolute Gasteiger partial charge is 0.389 e. The van der Waals surface area contributed by atoms with Gasteiger partial charge in [-0.15, -0.1) is 11.8 Å². The molecule has 0 N–H and O–H groups in total. The van der Waals surface area contributed by atoms with Gasteiger partial charge in [-0.3, -0.25) is 4.79 Å². The van der Waals surface area contributed by atoms with Crippen LogP contribution in [0.25, 0.3) is 0 Å². The summed E-state index contributed by atoms with van der Waals surface area (Å²) in [6, 6.07) is 0. The Morgan fingerprint density at radius 1 is 1.14 bits per heavy atom. The van der Waals surface area contributed by atoms with Crippen LogP contribution < -0.4 is 0 Å². The number of ether oxygens (including phenoxy) is 1. The van der Waals surface area contributed by atoms with Crippen molar-refractivity contribution in [3.63, 3.8) is 0 Å². The minimum Gasteiger partial charge on any atom is -0.465 e. The predicted octanol–water partition coefficient (Wildman–Crippen LogP) is 5.60. The summed E-state index contributed by atoms with van der Waals surface area (Å²) in [5.74, 6) is 1.06. The average molecular weight is 342 g/mol. The number of hydrogen-bond donors (Lipinski definition) is 0. The Morgan fingerprint density at radius 3 is 2.32 bits per heavy atom. The van der Waals surface area contributed by atoms with Crippen LogP contribution in [-0.4, -0.2) is 29.8 Å². The van der Waals surface area contributed by atoms with Crippen LogP contribution in [-0.2, 0) is 9.53 Å². The quantitative estimate of drug-likeness (QED) is 0.341. The third-order valence-corrected chi connectivity index (χ3v) is 4.38. The number of halogens is 3. The normalized spacial score (nSPS) is 13.4. The van der Waals surface area contributed by atoms with E-state index in [2.05, 4.69) is 13.8 Å². The third kappa shape index (κ3) is 13.3. The van der Waals surface area contributed by atoms with Gasteiger partial charge in [-0.2, -0.15) is 13.2 Å². The molecule has 0 aromatic heterocycles. The first-order chi connectivity index (χ1) is 10.3. The highest BCUT2D eigenvalue weighted by atomic mass is 32.2. The van der Waals surface area contributed by atoms with Crippen molar-refractivity contribution in [2.45, 2.75) is 77.1 Å². The largest absolute Gasteiger partial charge is 0.465 e. The maximum absolute atomic E-state index is 12.0. The molecule has 0 aromatic carbocycles. The first-order valence-electron chi connectivity index (χ1n) is 8.11. The number of unbranched alkanes of at least 4 members (excludes halogenated alkanes) is 3. The minimum absolute atomic E-state index is 0.151. The second-order valence-corrected chi connectivity index (χ2v) is 7.25. The Labute approximate surface area is 136 Å². The number of hydrogen-bond acceptors (Lipinski definition) is 3. The lowest BCUT2D eigenvalue weighted by Crippen LogP contribution is -2.23. The van der Waals surface area contributed by atoms with Crippen molar-refractivity contribution in [2.75, 3.05) is 12.4 Å².